The van der Waals surface area contributed by atoms with Crippen LogP contribution in [0.15, 0.2) is 0 Å². The van der Waals surface area contributed by atoms with Gasteiger partial charge < -0.3 is 0 Å². The summed E-state index contributed by atoms with van der Waals surface area (Å²) in [5.74, 6) is -0.693. The Balaban J connectivity index is 4.55. The van der Waals surface area contributed by atoms with Crippen molar-refractivity contribution in [2.45, 2.75) is 53.4 Å². The fourth-order valence-electron chi connectivity index (χ4n) is 2.06. The van der Waals surface area contributed by atoms with Gasteiger partial charge in [0.1, 0.15) is 0 Å². The zero-order chi connectivity index (χ0) is 15.1. The van der Waals surface area contributed by atoms with Crippen LogP contribution < -0.4 is 0 Å². The highest BCUT2D eigenvalue weighted by atomic mass is 32.3. The Morgan fingerprint density at radius 2 is 1.11 bits per heavy atom. The van der Waals surface area contributed by atoms with Crippen molar-refractivity contribution in [1.82, 2.24) is 0 Å². The zero-order valence-corrected chi connectivity index (χ0v) is 13.9. The van der Waals surface area contributed by atoms with Crippen molar-refractivity contribution in [3.05, 3.63) is 0 Å². The normalized spacial score (nSPS) is 16.2. The lowest BCUT2D eigenvalue weighted by Crippen LogP contribution is -2.24. The lowest BCUT2D eigenvalue weighted by atomic mass is 10.1. The summed E-state index contributed by atoms with van der Waals surface area (Å²) in [5, 5.41) is 0. The Hall–Kier alpha value is -0.140. The molecule has 0 aliphatic rings. The lowest BCUT2D eigenvalue weighted by molar-refractivity contribution is 0.440. The summed E-state index contributed by atoms with van der Waals surface area (Å²) < 4.78 is 51.1. The predicted molar refractivity (Wildman–Crippen MR) is 76.8 cm³/mol. The first kappa shape index (κ1) is 18.9. The van der Waals surface area contributed by atoms with Gasteiger partial charge in [-0.25, -0.2) is 0 Å². The minimum absolute atomic E-state index is 0.0988. The standard InChI is InChI=1S/C12H26O5S2/c1-5-7-11(3)9-18(13,14)17-19(15,16)10-12(4)8-6-2/h11-12H,5-10H2,1-4H3. The molecule has 19 heavy (non-hydrogen) atoms. The molecule has 0 amide bonds. The van der Waals surface area contributed by atoms with E-state index in [2.05, 4.69) is 3.63 Å². The summed E-state index contributed by atoms with van der Waals surface area (Å²) in [6.45, 7) is 7.45. The van der Waals surface area contributed by atoms with E-state index in [9.17, 15) is 16.8 Å². The highest BCUT2D eigenvalue weighted by Gasteiger charge is 2.26. The van der Waals surface area contributed by atoms with Crippen molar-refractivity contribution in [3.8, 4) is 0 Å². The molecular formula is C12H26O5S2. The van der Waals surface area contributed by atoms with E-state index in [-0.39, 0.29) is 23.3 Å². The second kappa shape index (κ2) is 8.21. The molecule has 0 saturated carbocycles. The Morgan fingerprint density at radius 3 is 1.37 bits per heavy atom. The molecule has 0 aromatic heterocycles. The molecule has 5 nitrogen and oxygen atoms in total. The van der Waals surface area contributed by atoms with E-state index >= 15 is 0 Å². The van der Waals surface area contributed by atoms with Gasteiger partial charge in [0.05, 0.1) is 11.5 Å². The first-order valence-corrected chi connectivity index (χ1v) is 9.93. The van der Waals surface area contributed by atoms with Crippen LogP contribution in [0.1, 0.15) is 53.4 Å². The van der Waals surface area contributed by atoms with Gasteiger partial charge >= 0.3 is 0 Å². The molecule has 2 unspecified atom stereocenters. The molecule has 0 heterocycles. The van der Waals surface area contributed by atoms with Crippen LogP contribution in [0.2, 0.25) is 0 Å². The second-order valence-electron chi connectivity index (χ2n) is 5.30. The lowest BCUT2D eigenvalue weighted by Gasteiger charge is -2.13. The quantitative estimate of drug-likeness (QED) is 0.619. The van der Waals surface area contributed by atoms with E-state index in [1.807, 2.05) is 13.8 Å². The van der Waals surface area contributed by atoms with Gasteiger partial charge in [-0.2, -0.15) is 16.8 Å². The smallest absolute Gasteiger partial charge is 0.198 e. The molecule has 0 saturated heterocycles. The van der Waals surface area contributed by atoms with E-state index in [0.29, 0.717) is 0 Å². The van der Waals surface area contributed by atoms with Crippen LogP contribution in [0.5, 0.6) is 0 Å². The van der Waals surface area contributed by atoms with Crippen LogP contribution in [0, 0.1) is 11.8 Å². The maximum absolute atomic E-state index is 11.7. The summed E-state index contributed by atoms with van der Waals surface area (Å²) in [6, 6.07) is 0. The molecule has 7 heteroatoms. The molecule has 116 valence electrons. The first-order valence-electron chi connectivity index (χ1n) is 6.78. The van der Waals surface area contributed by atoms with Gasteiger partial charge in [-0.1, -0.05) is 40.5 Å². The third kappa shape index (κ3) is 9.40. The van der Waals surface area contributed by atoms with Gasteiger partial charge in [-0.3, -0.25) is 0 Å². The number of hydrogen-bond donors (Lipinski definition) is 0. The van der Waals surface area contributed by atoms with E-state index in [0.717, 1.165) is 25.7 Å². The molecule has 0 radical (unpaired) electrons. The van der Waals surface area contributed by atoms with Crippen LogP contribution in [0.4, 0.5) is 0 Å². The van der Waals surface area contributed by atoms with Crippen LogP contribution in [-0.4, -0.2) is 28.3 Å². The van der Waals surface area contributed by atoms with Gasteiger partial charge in [-0.15, -0.1) is 3.63 Å². The van der Waals surface area contributed by atoms with Gasteiger partial charge in [0.25, 0.3) is 20.2 Å². The summed E-state index contributed by atoms with van der Waals surface area (Å²) >= 11 is 0. The molecule has 0 N–H and O–H groups in total. The molecule has 0 bridgehead atoms. The Kier molecular flexibility index (Phi) is 8.15. The first-order chi connectivity index (χ1) is 8.62. The van der Waals surface area contributed by atoms with Gasteiger partial charge in [0, 0.05) is 0 Å². The third-order valence-corrected chi connectivity index (χ3v) is 6.36. The van der Waals surface area contributed by atoms with Gasteiger partial charge in [0.15, 0.2) is 0 Å². The molecule has 0 aliphatic heterocycles. The van der Waals surface area contributed by atoms with Crippen LogP contribution >= 0.6 is 0 Å². The predicted octanol–water partition coefficient (Wildman–Crippen LogP) is 2.54. The summed E-state index contributed by atoms with van der Waals surface area (Å²) in [6.07, 6.45) is 3.18. The summed E-state index contributed by atoms with van der Waals surface area (Å²) in [4.78, 5) is 0. The monoisotopic (exact) mass is 314 g/mol. The molecule has 0 aliphatic carbocycles. The number of rotatable bonds is 10. The van der Waals surface area contributed by atoms with Crippen molar-refractivity contribution in [1.29, 1.82) is 0 Å². The highest BCUT2D eigenvalue weighted by molar-refractivity contribution is 7.99. The van der Waals surface area contributed by atoms with Crippen LogP contribution in [0.25, 0.3) is 0 Å². The van der Waals surface area contributed by atoms with Gasteiger partial charge in [-0.05, 0) is 24.7 Å². The topological polar surface area (TPSA) is 77.5 Å². The molecule has 0 spiro atoms. The van der Waals surface area contributed by atoms with E-state index in [4.69, 9.17) is 0 Å². The van der Waals surface area contributed by atoms with Crippen LogP contribution in [0.3, 0.4) is 0 Å². The van der Waals surface area contributed by atoms with E-state index < -0.39 is 20.2 Å². The maximum Gasteiger partial charge on any atom is 0.282 e. The third-order valence-electron chi connectivity index (χ3n) is 2.75. The molecule has 0 rings (SSSR count). The SMILES string of the molecule is CCCC(C)CS(=O)(=O)OS(=O)(=O)CC(C)CCC. The molecule has 0 aromatic carbocycles. The van der Waals surface area contributed by atoms with Crippen molar-refractivity contribution in [2.75, 3.05) is 11.5 Å². The van der Waals surface area contributed by atoms with Gasteiger partial charge in [0.2, 0.25) is 0 Å². The fourth-order valence-corrected chi connectivity index (χ4v) is 5.50. The highest BCUT2D eigenvalue weighted by Crippen LogP contribution is 2.15. The van der Waals surface area contributed by atoms with E-state index in [1.54, 1.807) is 13.8 Å². The Labute approximate surface area is 118 Å². The largest absolute Gasteiger partial charge is 0.282 e. The van der Waals surface area contributed by atoms with Crippen molar-refractivity contribution < 1.29 is 20.5 Å². The van der Waals surface area contributed by atoms with Crippen molar-refractivity contribution in [2.24, 2.45) is 11.8 Å². The number of hydrogen-bond acceptors (Lipinski definition) is 5. The maximum atomic E-state index is 11.7. The van der Waals surface area contributed by atoms with Crippen molar-refractivity contribution >= 4 is 20.2 Å². The molecule has 0 aromatic rings. The minimum atomic E-state index is -4.01. The zero-order valence-electron chi connectivity index (χ0n) is 12.3. The Morgan fingerprint density at radius 1 is 0.789 bits per heavy atom. The molecular weight excluding hydrogens is 288 g/mol. The summed E-state index contributed by atoms with van der Waals surface area (Å²) in [5.41, 5.74) is 0. The van der Waals surface area contributed by atoms with E-state index in [1.165, 1.54) is 0 Å². The fraction of sp³-hybridized carbons (Fsp3) is 1.00. The Bertz CT molecular complexity index is 397. The summed E-state index contributed by atoms with van der Waals surface area (Å²) in [7, 11) is -8.02. The minimum Gasteiger partial charge on any atom is -0.198 e. The average Bonchev–Trinajstić information content (AvgIpc) is 2.13. The molecule has 2 atom stereocenters. The second-order valence-corrected chi connectivity index (χ2v) is 8.75. The van der Waals surface area contributed by atoms with Crippen LogP contribution in [-0.2, 0) is 23.9 Å². The van der Waals surface area contributed by atoms with Crippen molar-refractivity contribution in [3.63, 3.8) is 0 Å². The average molecular weight is 314 g/mol. The molecule has 0 fully saturated rings.